The average molecular weight is 235 g/mol. The van der Waals surface area contributed by atoms with Crippen molar-refractivity contribution < 1.29 is 34.4 Å². The van der Waals surface area contributed by atoms with Gasteiger partial charge in [0.1, 0.15) is 0 Å². The molecule has 0 spiro atoms. The van der Waals surface area contributed by atoms with Gasteiger partial charge >= 0.3 is 0 Å². The SMILES string of the molecule is CC(O)COC(C)CO.[Ru]. The second-order valence-electron chi connectivity index (χ2n) is 2.18. The number of aliphatic hydroxyl groups excluding tert-OH is 2. The second-order valence-corrected chi connectivity index (χ2v) is 2.18. The first-order valence-electron chi connectivity index (χ1n) is 3.07. The first kappa shape index (κ1) is 13.1. The number of rotatable bonds is 4. The van der Waals surface area contributed by atoms with Gasteiger partial charge in [0.15, 0.2) is 0 Å². The number of ether oxygens (including phenoxy) is 1. The Morgan fingerprint density at radius 2 is 1.90 bits per heavy atom. The normalized spacial score (nSPS) is 15.6. The van der Waals surface area contributed by atoms with E-state index in [4.69, 9.17) is 14.9 Å². The molecule has 0 saturated carbocycles. The summed E-state index contributed by atoms with van der Waals surface area (Å²) in [4.78, 5) is 0. The van der Waals surface area contributed by atoms with Gasteiger partial charge in [-0.3, -0.25) is 0 Å². The van der Waals surface area contributed by atoms with E-state index in [1.165, 1.54) is 0 Å². The molecule has 2 unspecified atom stereocenters. The van der Waals surface area contributed by atoms with E-state index in [0.29, 0.717) is 6.61 Å². The molecule has 0 aromatic carbocycles. The summed E-state index contributed by atoms with van der Waals surface area (Å²) >= 11 is 0. The zero-order valence-electron chi connectivity index (χ0n) is 6.23. The maximum Gasteiger partial charge on any atom is 0.0779 e. The van der Waals surface area contributed by atoms with Gasteiger partial charge < -0.3 is 14.9 Å². The maximum atomic E-state index is 8.69. The summed E-state index contributed by atoms with van der Waals surface area (Å²) in [5, 5.41) is 17.1. The molecule has 10 heavy (non-hydrogen) atoms. The molecule has 0 aliphatic heterocycles. The van der Waals surface area contributed by atoms with E-state index < -0.39 is 6.10 Å². The molecular formula is C6H14O3Ru. The Balaban J connectivity index is 0. The van der Waals surface area contributed by atoms with Gasteiger partial charge in [-0.1, -0.05) is 0 Å². The zero-order valence-corrected chi connectivity index (χ0v) is 7.96. The van der Waals surface area contributed by atoms with Gasteiger partial charge in [-0.05, 0) is 13.8 Å². The van der Waals surface area contributed by atoms with E-state index in [2.05, 4.69) is 0 Å². The summed E-state index contributed by atoms with van der Waals surface area (Å²) in [7, 11) is 0. The van der Waals surface area contributed by atoms with Crippen LogP contribution >= 0.6 is 0 Å². The molecule has 64 valence electrons. The van der Waals surface area contributed by atoms with Crippen LogP contribution in [0.2, 0.25) is 0 Å². The Bertz CT molecular complexity index is 68.0. The largest absolute Gasteiger partial charge is 0.394 e. The van der Waals surface area contributed by atoms with Crippen molar-refractivity contribution >= 4 is 0 Å². The Labute approximate surface area is 74.1 Å². The van der Waals surface area contributed by atoms with Crippen LogP contribution in [0.3, 0.4) is 0 Å². The van der Waals surface area contributed by atoms with Crippen LogP contribution in [0.1, 0.15) is 13.8 Å². The summed E-state index contributed by atoms with van der Waals surface area (Å²) in [5.74, 6) is 0. The van der Waals surface area contributed by atoms with E-state index in [9.17, 15) is 0 Å². The van der Waals surface area contributed by atoms with Gasteiger partial charge in [-0.2, -0.15) is 0 Å². The quantitative estimate of drug-likeness (QED) is 0.661. The second kappa shape index (κ2) is 7.61. The Morgan fingerprint density at radius 3 is 2.20 bits per heavy atom. The van der Waals surface area contributed by atoms with Crippen molar-refractivity contribution in [2.45, 2.75) is 26.1 Å². The van der Waals surface area contributed by atoms with Crippen molar-refractivity contribution in [1.82, 2.24) is 0 Å². The minimum atomic E-state index is -0.445. The van der Waals surface area contributed by atoms with Crippen LogP contribution in [0.15, 0.2) is 0 Å². The summed E-state index contributed by atoms with van der Waals surface area (Å²) in [6.07, 6.45) is -0.612. The minimum Gasteiger partial charge on any atom is -0.394 e. The van der Waals surface area contributed by atoms with E-state index in [1.54, 1.807) is 13.8 Å². The first-order valence-corrected chi connectivity index (χ1v) is 3.07. The van der Waals surface area contributed by atoms with Crippen LogP contribution in [0.5, 0.6) is 0 Å². The van der Waals surface area contributed by atoms with Crippen LogP contribution < -0.4 is 0 Å². The number of hydrogen-bond acceptors (Lipinski definition) is 3. The molecule has 0 amide bonds. The van der Waals surface area contributed by atoms with E-state index in [0.717, 1.165) is 0 Å². The van der Waals surface area contributed by atoms with Crippen molar-refractivity contribution in [3.05, 3.63) is 0 Å². The third-order valence-electron chi connectivity index (χ3n) is 0.879. The van der Waals surface area contributed by atoms with Gasteiger partial charge in [0.05, 0.1) is 25.4 Å². The van der Waals surface area contributed by atoms with Crippen LogP contribution in [-0.4, -0.2) is 35.6 Å². The smallest absolute Gasteiger partial charge is 0.0779 e. The topological polar surface area (TPSA) is 49.7 Å². The summed E-state index contributed by atoms with van der Waals surface area (Å²) < 4.78 is 4.95. The van der Waals surface area contributed by atoms with Crippen molar-refractivity contribution in [2.75, 3.05) is 13.2 Å². The molecule has 0 fully saturated rings. The van der Waals surface area contributed by atoms with Crippen molar-refractivity contribution in [3.63, 3.8) is 0 Å². The summed E-state index contributed by atoms with van der Waals surface area (Å²) in [6, 6.07) is 0. The predicted octanol–water partition coefficient (Wildman–Crippen LogP) is -0.238. The molecular weight excluding hydrogens is 221 g/mol. The summed E-state index contributed by atoms with van der Waals surface area (Å²) in [5.41, 5.74) is 0. The van der Waals surface area contributed by atoms with Crippen molar-refractivity contribution in [1.29, 1.82) is 0 Å². The fraction of sp³-hybridized carbons (Fsp3) is 1.00. The van der Waals surface area contributed by atoms with Gasteiger partial charge in [-0.15, -0.1) is 0 Å². The molecule has 0 bridgehead atoms. The molecule has 0 heterocycles. The van der Waals surface area contributed by atoms with E-state index in [-0.39, 0.29) is 32.2 Å². The molecule has 2 atom stereocenters. The molecule has 0 rings (SSSR count). The van der Waals surface area contributed by atoms with E-state index >= 15 is 0 Å². The van der Waals surface area contributed by atoms with Gasteiger partial charge in [0.25, 0.3) is 0 Å². The number of hydrogen-bond donors (Lipinski definition) is 2. The molecule has 0 aromatic rings. The van der Waals surface area contributed by atoms with Crippen LogP contribution in [0.25, 0.3) is 0 Å². The van der Waals surface area contributed by atoms with Crippen LogP contribution in [-0.2, 0) is 24.2 Å². The van der Waals surface area contributed by atoms with Gasteiger partial charge in [0, 0.05) is 19.5 Å². The van der Waals surface area contributed by atoms with Crippen LogP contribution in [0.4, 0.5) is 0 Å². The molecule has 4 heteroatoms. The molecule has 0 aliphatic rings. The van der Waals surface area contributed by atoms with Crippen molar-refractivity contribution in [3.8, 4) is 0 Å². The average Bonchev–Trinajstić information content (AvgIpc) is 1.83. The monoisotopic (exact) mass is 236 g/mol. The third-order valence-corrected chi connectivity index (χ3v) is 0.879. The summed E-state index contributed by atoms with van der Waals surface area (Å²) in [6.45, 7) is 3.70. The fourth-order valence-electron chi connectivity index (χ4n) is 0.356. The van der Waals surface area contributed by atoms with Gasteiger partial charge in [-0.25, -0.2) is 0 Å². The molecule has 3 nitrogen and oxygen atoms in total. The third kappa shape index (κ3) is 8.50. The zero-order chi connectivity index (χ0) is 7.28. The van der Waals surface area contributed by atoms with E-state index in [1.807, 2.05) is 0 Å². The van der Waals surface area contributed by atoms with Crippen LogP contribution in [0, 0.1) is 0 Å². The van der Waals surface area contributed by atoms with Crippen molar-refractivity contribution in [2.24, 2.45) is 0 Å². The molecule has 2 N–H and O–H groups in total. The maximum absolute atomic E-state index is 8.69. The Kier molecular flexibility index (Phi) is 9.98. The standard InChI is InChI=1S/C6H14O3.Ru/c1-5(8)4-9-6(2)3-7;/h5-8H,3-4H2,1-2H3;. The Morgan fingerprint density at radius 1 is 1.40 bits per heavy atom. The predicted molar refractivity (Wildman–Crippen MR) is 34.2 cm³/mol. The fourth-order valence-corrected chi connectivity index (χ4v) is 0.356. The minimum absolute atomic E-state index is 0. The molecule has 0 aromatic heterocycles. The molecule has 0 saturated heterocycles. The molecule has 0 radical (unpaired) electrons. The van der Waals surface area contributed by atoms with Gasteiger partial charge in [0.2, 0.25) is 0 Å². The molecule has 0 aliphatic carbocycles. The first-order chi connectivity index (χ1) is 4.16. The Hall–Kier alpha value is 0.503. The number of aliphatic hydroxyl groups is 2.